The molecule has 3 heterocycles. The lowest BCUT2D eigenvalue weighted by atomic mass is 9.72. The summed E-state index contributed by atoms with van der Waals surface area (Å²) in [5.74, 6) is 0.871. The lowest BCUT2D eigenvalue weighted by Crippen LogP contribution is -2.27. The van der Waals surface area contributed by atoms with Gasteiger partial charge in [-0.05, 0) is 42.2 Å². The van der Waals surface area contributed by atoms with Crippen molar-refractivity contribution in [2.45, 2.75) is 31.1 Å². The fourth-order valence-electron chi connectivity index (χ4n) is 4.45. The average Bonchev–Trinajstić information content (AvgIpc) is 3.33. The number of ether oxygens (including phenoxy) is 1. The first-order valence-corrected chi connectivity index (χ1v) is 9.91. The molecule has 7 nitrogen and oxygen atoms in total. The van der Waals surface area contributed by atoms with Gasteiger partial charge in [0.1, 0.15) is 23.7 Å². The fraction of sp³-hybridized carbons (Fsp3) is 0.217. The summed E-state index contributed by atoms with van der Waals surface area (Å²) in [6, 6.07) is 12.4. The summed E-state index contributed by atoms with van der Waals surface area (Å²) in [5.41, 5.74) is 10.7. The first-order chi connectivity index (χ1) is 14.8. The number of rotatable bonds is 3. The van der Waals surface area contributed by atoms with E-state index in [1.165, 1.54) is 0 Å². The molecule has 2 atom stereocenters. The van der Waals surface area contributed by atoms with Crippen molar-refractivity contribution in [1.29, 1.82) is 5.26 Å². The van der Waals surface area contributed by atoms with Crippen molar-refractivity contribution in [3.05, 3.63) is 95.6 Å². The second-order valence-corrected chi connectivity index (χ2v) is 7.44. The maximum absolute atomic E-state index is 9.92. The highest BCUT2D eigenvalue weighted by molar-refractivity contribution is 5.53. The van der Waals surface area contributed by atoms with Crippen molar-refractivity contribution >= 4 is 0 Å². The van der Waals surface area contributed by atoms with E-state index in [1.54, 1.807) is 25.0 Å². The van der Waals surface area contributed by atoms with Crippen LogP contribution in [0.2, 0.25) is 0 Å². The molecule has 1 aliphatic heterocycles. The molecule has 5 rings (SSSR count). The summed E-state index contributed by atoms with van der Waals surface area (Å²) in [6.07, 6.45) is 11.5. The number of aromatic nitrogens is 4. The third-order valence-corrected chi connectivity index (χ3v) is 5.80. The minimum absolute atomic E-state index is 0.0616. The molecular formula is C23H20N6O. The van der Waals surface area contributed by atoms with Gasteiger partial charge in [-0.1, -0.05) is 12.1 Å². The predicted molar refractivity (Wildman–Crippen MR) is 110 cm³/mol. The van der Waals surface area contributed by atoms with E-state index in [9.17, 15) is 5.26 Å². The Balaban J connectivity index is 1.62. The smallest absolute Gasteiger partial charge is 0.205 e. The Morgan fingerprint density at radius 1 is 1.13 bits per heavy atom. The molecule has 0 spiro atoms. The van der Waals surface area contributed by atoms with E-state index in [1.807, 2.05) is 41.1 Å². The minimum Gasteiger partial charge on any atom is -0.445 e. The molecule has 3 aromatic rings. The molecule has 7 heteroatoms. The van der Waals surface area contributed by atoms with Gasteiger partial charge in [0.25, 0.3) is 0 Å². The molecule has 0 saturated carbocycles. The summed E-state index contributed by atoms with van der Waals surface area (Å²) in [7, 11) is 0. The summed E-state index contributed by atoms with van der Waals surface area (Å²) >= 11 is 0. The van der Waals surface area contributed by atoms with Gasteiger partial charge in [0.15, 0.2) is 0 Å². The second-order valence-electron chi connectivity index (χ2n) is 7.44. The van der Waals surface area contributed by atoms with Crippen LogP contribution >= 0.6 is 0 Å². The summed E-state index contributed by atoms with van der Waals surface area (Å²) < 4.78 is 7.88. The molecule has 0 amide bonds. The van der Waals surface area contributed by atoms with Gasteiger partial charge in [-0.3, -0.25) is 0 Å². The summed E-state index contributed by atoms with van der Waals surface area (Å²) in [6.45, 7) is 0. The number of nitriles is 1. The van der Waals surface area contributed by atoms with E-state index in [2.05, 4.69) is 21.0 Å². The normalized spacial score (nSPS) is 21.0. The molecule has 1 aliphatic carbocycles. The Kier molecular flexibility index (Phi) is 4.52. The quantitative estimate of drug-likeness (QED) is 0.724. The Labute approximate surface area is 174 Å². The van der Waals surface area contributed by atoms with Gasteiger partial charge < -0.3 is 15.0 Å². The average molecular weight is 396 g/mol. The van der Waals surface area contributed by atoms with Crippen LogP contribution in [0.4, 0.5) is 0 Å². The largest absolute Gasteiger partial charge is 0.445 e. The van der Waals surface area contributed by atoms with Gasteiger partial charge in [-0.25, -0.2) is 15.0 Å². The first-order valence-electron chi connectivity index (χ1n) is 9.91. The van der Waals surface area contributed by atoms with E-state index in [4.69, 9.17) is 10.5 Å². The number of hydrogen-bond donors (Lipinski definition) is 1. The number of benzene rings is 1. The zero-order valence-corrected chi connectivity index (χ0v) is 16.3. The lowest BCUT2D eigenvalue weighted by Gasteiger charge is -2.36. The van der Waals surface area contributed by atoms with Gasteiger partial charge >= 0.3 is 0 Å². The SMILES string of the molecule is N#CC1=C(N)OC2=C(C(c3ccncn3)CCC2)C1c1ccc(-n2ccnc2)cc1. The van der Waals surface area contributed by atoms with E-state index in [0.29, 0.717) is 5.57 Å². The zero-order valence-electron chi connectivity index (χ0n) is 16.3. The summed E-state index contributed by atoms with van der Waals surface area (Å²) in [4.78, 5) is 12.7. The fourth-order valence-corrected chi connectivity index (χ4v) is 4.45. The van der Waals surface area contributed by atoms with Crippen LogP contribution in [0.1, 0.15) is 42.4 Å². The maximum atomic E-state index is 9.92. The van der Waals surface area contributed by atoms with Gasteiger partial charge in [-0.15, -0.1) is 0 Å². The van der Waals surface area contributed by atoms with Crippen LogP contribution < -0.4 is 5.73 Å². The molecule has 2 unspecified atom stereocenters. The number of hydrogen-bond acceptors (Lipinski definition) is 6. The van der Waals surface area contributed by atoms with E-state index in [-0.39, 0.29) is 17.7 Å². The van der Waals surface area contributed by atoms with Crippen molar-refractivity contribution in [1.82, 2.24) is 19.5 Å². The molecular weight excluding hydrogens is 376 g/mol. The van der Waals surface area contributed by atoms with Gasteiger partial charge in [0, 0.05) is 42.5 Å². The third kappa shape index (κ3) is 3.03. The van der Waals surface area contributed by atoms with E-state index < -0.39 is 0 Å². The topological polar surface area (TPSA) is 103 Å². The molecule has 30 heavy (non-hydrogen) atoms. The van der Waals surface area contributed by atoms with Crippen LogP contribution in [0.25, 0.3) is 5.69 Å². The van der Waals surface area contributed by atoms with Crippen molar-refractivity contribution in [3.8, 4) is 11.8 Å². The molecule has 1 aromatic carbocycles. The zero-order chi connectivity index (χ0) is 20.5. The van der Waals surface area contributed by atoms with Gasteiger partial charge in [0.2, 0.25) is 5.88 Å². The van der Waals surface area contributed by atoms with Crippen LogP contribution in [-0.4, -0.2) is 19.5 Å². The van der Waals surface area contributed by atoms with Gasteiger partial charge in [0.05, 0.1) is 12.0 Å². The lowest BCUT2D eigenvalue weighted by molar-refractivity contribution is 0.245. The molecule has 0 fully saturated rings. The Hall–Kier alpha value is -3.92. The Morgan fingerprint density at radius 2 is 2.00 bits per heavy atom. The Morgan fingerprint density at radius 3 is 2.70 bits per heavy atom. The number of imidazole rings is 1. The van der Waals surface area contributed by atoms with Crippen molar-refractivity contribution in [2.75, 3.05) is 0 Å². The molecule has 148 valence electrons. The van der Waals surface area contributed by atoms with Crippen LogP contribution in [0.3, 0.4) is 0 Å². The highest BCUT2D eigenvalue weighted by atomic mass is 16.5. The van der Waals surface area contributed by atoms with Crippen LogP contribution in [0.5, 0.6) is 0 Å². The standard InChI is InChI=1S/C23H20N6O/c24-12-18-21(15-4-6-16(7-5-15)29-11-10-27-14-29)22-17(19-8-9-26-13-28-19)2-1-3-20(22)30-23(18)25/h4-11,13-14,17,21H,1-3,25H2. The van der Waals surface area contributed by atoms with Crippen LogP contribution in [0.15, 0.2) is 84.4 Å². The number of nitrogens with two attached hydrogens (primary N) is 1. The van der Waals surface area contributed by atoms with Crippen LogP contribution in [-0.2, 0) is 4.74 Å². The number of allylic oxidation sites excluding steroid dienone is 3. The van der Waals surface area contributed by atoms with Crippen molar-refractivity contribution in [3.63, 3.8) is 0 Å². The van der Waals surface area contributed by atoms with Crippen molar-refractivity contribution in [2.24, 2.45) is 5.73 Å². The van der Waals surface area contributed by atoms with E-state index >= 15 is 0 Å². The Bertz CT molecular complexity index is 1160. The minimum atomic E-state index is -0.254. The molecule has 2 N–H and O–H groups in total. The monoisotopic (exact) mass is 396 g/mol. The van der Waals surface area contributed by atoms with Crippen LogP contribution in [0, 0.1) is 11.3 Å². The van der Waals surface area contributed by atoms with Crippen molar-refractivity contribution < 1.29 is 4.74 Å². The van der Waals surface area contributed by atoms with Gasteiger partial charge in [-0.2, -0.15) is 5.26 Å². The second kappa shape index (κ2) is 7.48. The molecule has 2 aliphatic rings. The molecule has 0 saturated heterocycles. The summed E-state index contributed by atoms with van der Waals surface area (Å²) in [5, 5.41) is 9.92. The molecule has 0 bridgehead atoms. The predicted octanol–water partition coefficient (Wildman–Crippen LogP) is 3.69. The molecule has 2 aromatic heterocycles. The molecule has 0 radical (unpaired) electrons. The van der Waals surface area contributed by atoms with E-state index in [0.717, 1.165) is 47.5 Å². The maximum Gasteiger partial charge on any atom is 0.205 e. The first kappa shape index (κ1) is 18.1. The highest BCUT2D eigenvalue weighted by Crippen LogP contribution is 2.50. The number of nitrogens with zero attached hydrogens (tertiary/aromatic N) is 5. The third-order valence-electron chi connectivity index (χ3n) is 5.80. The highest BCUT2D eigenvalue weighted by Gasteiger charge is 2.39.